The molecule has 0 radical (unpaired) electrons. The number of halogens is 3. The van der Waals surface area contributed by atoms with Crippen molar-refractivity contribution < 1.29 is 13.2 Å². The molecule has 0 aromatic rings. The first-order valence-corrected chi connectivity index (χ1v) is 4.87. The molecular weight excluding hydrogens is 179 g/mol. The van der Waals surface area contributed by atoms with E-state index < -0.39 is 6.30 Å². The van der Waals surface area contributed by atoms with Gasteiger partial charge in [0.1, 0.15) is 0 Å². The van der Waals surface area contributed by atoms with Crippen molar-refractivity contribution in [2.45, 2.75) is 57.9 Å². The van der Waals surface area contributed by atoms with Gasteiger partial charge in [-0.1, -0.05) is 26.7 Å². The van der Waals surface area contributed by atoms with Crippen LogP contribution in [0.2, 0.25) is 0 Å². The maximum atomic E-state index is 12.3. The van der Waals surface area contributed by atoms with Crippen LogP contribution in [-0.2, 0) is 0 Å². The van der Waals surface area contributed by atoms with Crippen LogP contribution >= 0.6 is 0 Å². The lowest BCUT2D eigenvalue weighted by atomic mass is 10.1. The molecule has 1 unspecified atom stereocenters. The fourth-order valence-electron chi connectivity index (χ4n) is 1.97. The summed E-state index contributed by atoms with van der Waals surface area (Å²) >= 11 is 0. The second-order valence-electron chi connectivity index (χ2n) is 3.59. The molecule has 1 aliphatic rings. The van der Waals surface area contributed by atoms with Crippen LogP contribution in [0, 0.1) is 0 Å². The van der Waals surface area contributed by atoms with Crippen molar-refractivity contribution in [3.05, 3.63) is 0 Å². The molecule has 0 aromatic heterocycles. The lowest BCUT2D eigenvalue weighted by molar-refractivity contribution is -0.212. The first-order valence-electron chi connectivity index (χ1n) is 4.87. The Morgan fingerprint density at radius 3 is 1.62 bits per heavy atom. The van der Waals surface area contributed by atoms with Crippen LogP contribution < -0.4 is 0 Å². The standard InChI is InChI=1S/C9H16F3N/c1-3-5-7-8(6-4-2)13(7)9(10,11)12/h7-8H,3-6H2,1-2H3/t7-,8+,13?. The van der Waals surface area contributed by atoms with Gasteiger partial charge in [0.25, 0.3) is 0 Å². The zero-order chi connectivity index (χ0) is 10.1. The lowest BCUT2D eigenvalue weighted by Gasteiger charge is -2.07. The average Bonchev–Trinajstić information content (AvgIpc) is 2.63. The van der Waals surface area contributed by atoms with Gasteiger partial charge in [-0.2, -0.15) is 13.2 Å². The number of nitrogens with zero attached hydrogens (tertiary/aromatic N) is 1. The summed E-state index contributed by atoms with van der Waals surface area (Å²) in [6.07, 6.45) is -1.11. The largest absolute Gasteiger partial charge is 0.460 e. The van der Waals surface area contributed by atoms with E-state index >= 15 is 0 Å². The van der Waals surface area contributed by atoms with Crippen LogP contribution in [0.25, 0.3) is 0 Å². The molecule has 1 rings (SSSR count). The summed E-state index contributed by atoms with van der Waals surface area (Å²) in [5.41, 5.74) is 0. The third kappa shape index (κ3) is 2.36. The van der Waals surface area contributed by atoms with Gasteiger partial charge in [0.2, 0.25) is 0 Å². The SMILES string of the molecule is CCC[C@@H]1[C@H](CCC)N1C(F)(F)F. The predicted octanol–water partition coefficient (Wildman–Crippen LogP) is 3.16. The molecule has 0 amide bonds. The smallest absolute Gasteiger partial charge is 0.205 e. The number of hydrogen-bond acceptors (Lipinski definition) is 1. The van der Waals surface area contributed by atoms with Crippen molar-refractivity contribution in [2.75, 3.05) is 0 Å². The Balaban J connectivity index is 2.46. The summed E-state index contributed by atoms with van der Waals surface area (Å²) in [6, 6.07) is -0.463. The molecule has 0 bridgehead atoms. The molecule has 0 saturated carbocycles. The maximum absolute atomic E-state index is 12.3. The van der Waals surface area contributed by atoms with Gasteiger partial charge >= 0.3 is 6.30 Å². The zero-order valence-corrected chi connectivity index (χ0v) is 8.06. The fourth-order valence-corrected chi connectivity index (χ4v) is 1.97. The van der Waals surface area contributed by atoms with Crippen LogP contribution in [0.4, 0.5) is 13.2 Å². The summed E-state index contributed by atoms with van der Waals surface area (Å²) < 4.78 is 36.9. The summed E-state index contributed by atoms with van der Waals surface area (Å²) in [6.45, 7) is 3.85. The van der Waals surface area contributed by atoms with Crippen LogP contribution in [0.1, 0.15) is 39.5 Å². The minimum Gasteiger partial charge on any atom is -0.205 e. The molecule has 0 aromatic carbocycles. The third-order valence-electron chi connectivity index (χ3n) is 2.53. The quantitative estimate of drug-likeness (QED) is 0.492. The van der Waals surface area contributed by atoms with Crippen LogP contribution in [0.15, 0.2) is 0 Å². The molecule has 13 heavy (non-hydrogen) atoms. The van der Waals surface area contributed by atoms with Gasteiger partial charge in [-0.25, -0.2) is 4.90 Å². The number of rotatable bonds is 4. The van der Waals surface area contributed by atoms with Gasteiger partial charge in [-0.3, -0.25) is 0 Å². The van der Waals surface area contributed by atoms with E-state index in [9.17, 15) is 13.2 Å². The Bertz CT molecular complexity index is 155. The Morgan fingerprint density at radius 2 is 1.38 bits per heavy atom. The van der Waals surface area contributed by atoms with Crippen molar-refractivity contribution in [1.29, 1.82) is 0 Å². The van der Waals surface area contributed by atoms with Crippen molar-refractivity contribution in [2.24, 2.45) is 0 Å². The molecule has 0 N–H and O–H groups in total. The molecule has 1 aliphatic heterocycles. The summed E-state index contributed by atoms with van der Waals surface area (Å²) in [7, 11) is 0. The van der Waals surface area contributed by atoms with E-state index in [1.54, 1.807) is 0 Å². The third-order valence-corrected chi connectivity index (χ3v) is 2.53. The summed E-state index contributed by atoms with van der Waals surface area (Å²) in [5.74, 6) is 0. The average molecular weight is 195 g/mol. The highest BCUT2D eigenvalue weighted by molar-refractivity contribution is 5.02. The van der Waals surface area contributed by atoms with Crippen LogP contribution in [0.3, 0.4) is 0 Å². The van der Waals surface area contributed by atoms with Gasteiger partial charge < -0.3 is 0 Å². The van der Waals surface area contributed by atoms with E-state index in [4.69, 9.17) is 0 Å². The van der Waals surface area contributed by atoms with E-state index in [1.807, 2.05) is 13.8 Å². The van der Waals surface area contributed by atoms with Crippen molar-refractivity contribution in [3.63, 3.8) is 0 Å². The van der Waals surface area contributed by atoms with Gasteiger partial charge in [-0.05, 0) is 12.8 Å². The Hall–Kier alpha value is -0.250. The summed E-state index contributed by atoms with van der Waals surface area (Å²) in [4.78, 5) is 0.694. The van der Waals surface area contributed by atoms with Gasteiger partial charge in [-0.15, -0.1) is 0 Å². The zero-order valence-electron chi connectivity index (χ0n) is 8.06. The normalized spacial score (nSPS) is 33.5. The molecule has 1 fully saturated rings. The Morgan fingerprint density at radius 1 is 1.00 bits per heavy atom. The van der Waals surface area contributed by atoms with Crippen molar-refractivity contribution in [1.82, 2.24) is 4.90 Å². The molecule has 78 valence electrons. The lowest BCUT2D eigenvalue weighted by Crippen LogP contribution is -2.23. The number of alkyl halides is 3. The van der Waals surface area contributed by atoms with E-state index in [2.05, 4.69) is 0 Å². The van der Waals surface area contributed by atoms with Crippen LogP contribution in [0.5, 0.6) is 0 Å². The molecule has 0 spiro atoms. The highest BCUT2D eigenvalue weighted by Crippen LogP contribution is 2.44. The van der Waals surface area contributed by atoms with E-state index in [-0.39, 0.29) is 12.1 Å². The first kappa shape index (κ1) is 10.8. The van der Waals surface area contributed by atoms with Crippen molar-refractivity contribution in [3.8, 4) is 0 Å². The maximum Gasteiger partial charge on any atom is 0.460 e. The van der Waals surface area contributed by atoms with Crippen LogP contribution in [-0.4, -0.2) is 23.3 Å². The molecule has 4 heteroatoms. The highest BCUT2D eigenvalue weighted by Gasteiger charge is 2.59. The molecule has 3 atom stereocenters. The monoisotopic (exact) mass is 195 g/mol. The van der Waals surface area contributed by atoms with E-state index in [1.165, 1.54) is 0 Å². The van der Waals surface area contributed by atoms with E-state index in [0.717, 1.165) is 12.8 Å². The van der Waals surface area contributed by atoms with Crippen molar-refractivity contribution >= 4 is 0 Å². The van der Waals surface area contributed by atoms with Gasteiger partial charge in [0.15, 0.2) is 0 Å². The van der Waals surface area contributed by atoms with E-state index in [0.29, 0.717) is 17.7 Å². The highest BCUT2D eigenvalue weighted by atomic mass is 19.4. The molecular formula is C9H16F3N. The molecule has 1 nitrogen and oxygen atoms in total. The molecule has 0 aliphatic carbocycles. The Labute approximate surface area is 76.9 Å². The topological polar surface area (TPSA) is 3.01 Å². The first-order chi connectivity index (χ1) is 6.02. The minimum atomic E-state index is -4.11. The molecule has 1 heterocycles. The second-order valence-corrected chi connectivity index (χ2v) is 3.59. The number of hydrogen-bond donors (Lipinski definition) is 0. The summed E-state index contributed by atoms with van der Waals surface area (Å²) in [5, 5.41) is 0. The second kappa shape index (κ2) is 3.86. The Kier molecular flexibility index (Phi) is 3.22. The minimum absolute atomic E-state index is 0.232. The van der Waals surface area contributed by atoms with Gasteiger partial charge in [0, 0.05) is 12.1 Å². The fraction of sp³-hybridized carbons (Fsp3) is 1.00. The van der Waals surface area contributed by atoms with Gasteiger partial charge in [0.05, 0.1) is 0 Å². The predicted molar refractivity (Wildman–Crippen MR) is 45.3 cm³/mol. The molecule has 1 saturated heterocycles.